The van der Waals surface area contributed by atoms with Crippen molar-refractivity contribution in [3.8, 4) is 6.07 Å². The molecule has 0 bridgehead atoms. The highest BCUT2D eigenvalue weighted by Crippen LogP contribution is 2.27. The summed E-state index contributed by atoms with van der Waals surface area (Å²) in [4.78, 5) is 22.2. The number of hydrazone groups is 1. The van der Waals surface area contributed by atoms with Gasteiger partial charge in [-0.25, -0.2) is 0 Å². The molecule has 1 aliphatic rings. The summed E-state index contributed by atoms with van der Waals surface area (Å²) in [5.41, 5.74) is 0.763. The van der Waals surface area contributed by atoms with Crippen molar-refractivity contribution in [3.63, 3.8) is 0 Å². The van der Waals surface area contributed by atoms with Crippen LogP contribution in [-0.4, -0.2) is 16.5 Å². The van der Waals surface area contributed by atoms with Crippen molar-refractivity contribution in [3.05, 3.63) is 34.4 Å². The molecule has 0 saturated carbocycles. The number of carbonyl (C=O) groups is 1. The second kappa shape index (κ2) is 4.86. The number of hydrogen-bond acceptors (Lipinski definition) is 5. The van der Waals surface area contributed by atoms with Gasteiger partial charge in [0.25, 0.3) is 11.6 Å². The van der Waals surface area contributed by atoms with Crippen LogP contribution >= 0.6 is 0 Å². The Balaban J connectivity index is 2.34. The number of hydrogen-bond donors (Lipinski definition) is 0. The lowest BCUT2D eigenvalue weighted by Gasteiger charge is -2.12. The average Bonchev–Trinajstić information content (AvgIpc) is 2.67. The van der Waals surface area contributed by atoms with Crippen LogP contribution in [0.1, 0.15) is 13.3 Å². The molecule has 19 heavy (non-hydrogen) atoms. The molecule has 0 fully saturated rings. The molecular weight excluding hydrogens is 248 g/mol. The molecule has 0 radical (unpaired) electrons. The first-order valence-corrected chi connectivity index (χ1v) is 5.55. The van der Waals surface area contributed by atoms with E-state index in [4.69, 9.17) is 5.26 Å². The largest absolute Gasteiger partial charge is 0.272 e. The van der Waals surface area contributed by atoms with E-state index in [9.17, 15) is 14.9 Å². The molecule has 7 heteroatoms. The summed E-state index contributed by atoms with van der Waals surface area (Å²) in [5.74, 6) is -0.899. The van der Waals surface area contributed by atoms with Crippen molar-refractivity contribution in [1.29, 1.82) is 5.26 Å². The number of non-ortho nitro benzene ring substituents is 1. The van der Waals surface area contributed by atoms with Gasteiger partial charge < -0.3 is 0 Å². The van der Waals surface area contributed by atoms with Gasteiger partial charge in [0, 0.05) is 17.8 Å². The minimum absolute atomic E-state index is 0.0552. The van der Waals surface area contributed by atoms with Crippen molar-refractivity contribution in [2.24, 2.45) is 11.0 Å². The zero-order valence-electron chi connectivity index (χ0n) is 10.1. The Morgan fingerprint density at radius 2 is 2.32 bits per heavy atom. The van der Waals surface area contributed by atoms with Crippen molar-refractivity contribution in [2.75, 3.05) is 5.01 Å². The normalized spacial score (nSPS) is 18.1. The first-order valence-electron chi connectivity index (χ1n) is 5.55. The first kappa shape index (κ1) is 12.7. The fraction of sp³-hybridized carbons (Fsp3) is 0.250. The van der Waals surface area contributed by atoms with Crippen molar-refractivity contribution in [1.82, 2.24) is 0 Å². The van der Waals surface area contributed by atoms with Crippen LogP contribution in [-0.2, 0) is 4.79 Å². The molecule has 96 valence electrons. The fourth-order valence-electron chi connectivity index (χ4n) is 1.85. The van der Waals surface area contributed by atoms with E-state index >= 15 is 0 Å². The van der Waals surface area contributed by atoms with E-state index in [1.54, 1.807) is 13.0 Å². The SMILES string of the molecule is CC1=NN(c2cccc([N+](=O)[O-])c2)C(=O)C1CC#N. The molecule has 1 heterocycles. The van der Waals surface area contributed by atoms with Crippen LogP contribution in [0.25, 0.3) is 0 Å². The number of anilines is 1. The lowest BCUT2D eigenvalue weighted by atomic mass is 10.0. The van der Waals surface area contributed by atoms with Gasteiger partial charge in [-0.05, 0) is 13.0 Å². The number of benzene rings is 1. The zero-order chi connectivity index (χ0) is 14.0. The van der Waals surface area contributed by atoms with E-state index in [0.717, 1.165) is 5.01 Å². The number of rotatable bonds is 3. The average molecular weight is 258 g/mol. The number of nitriles is 1. The third-order valence-corrected chi connectivity index (χ3v) is 2.85. The molecule has 0 aliphatic carbocycles. The molecule has 2 rings (SSSR count). The van der Waals surface area contributed by atoms with E-state index in [2.05, 4.69) is 5.10 Å². The van der Waals surface area contributed by atoms with Crippen LogP contribution in [0, 0.1) is 27.4 Å². The van der Waals surface area contributed by atoms with Crippen LogP contribution < -0.4 is 5.01 Å². The molecule has 1 amide bonds. The minimum Gasteiger partial charge on any atom is -0.272 e. The van der Waals surface area contributed by atoms with E-state index < -0.39 is 10.8 Å². The van der Waals surface area contributed by atoms with Gasteiger partial charge in [-0.1, -0.05) is 6.07 Å². The van der Waals surface area contributed by atoms with E-state index in [0.29, 0.717) is 11.4 Å². The van der Waals surface area contributed by atoms with Gasteiger partial charge in [0.1, 0.15) is 0 Å². The topological polar surface area (TPSA) is 99.6 Å². The van der Waals surface area contributed by atoms with Crippen LogP contribution in [0.4, 0.5) is 11.4 Å². The molecule has 0 spiro atoms. The Bertz CT molecular complexity index is 618. The summed E-state index contributed by atoms with van der Waals surface area (Å²) in [7, 11) is 0. The Hall–Kier alpha value is -2.75. The van der Waals surface area contributed by atoms with Crippen LogP contribution in [0.15, 0.2) is 29.4 Å². The Labute approximate surface area is 108 Å². The summed E-state index contributed by atoms with van der Waals surface area (Å²) in [5, 5.41) is 24.6. The number of carbonyl (C=O) groups excluding carboxylic acids is 1. The minimum atomic E-state index is -0.565. The van der Waals surface area contributed by atoms with Crippen LogP contribution in [0.3, 0.4) is 0 Å². The first-order chi connectivity index (χ1) is 9.04. The molecule has 0 aromatic heterocycles. The summed E-state index contributed by atoms with van der Waals surface area (Å²) in [6.45, 7) is 1.66. The molecule has 1 aliphatic heterocycles. The highest BCUT2D eigenvalue weighted by atomic mass is 16.6. The second-order valence-corrected chi connectivity index (χ2v) is 4.08. The molecule has 1 atom stereocenters. The summed E-state index contributed by atoms with van der Waals surface area (Å²) < 4.78 is 0. The van der Waals surface area contributed by atoms with Crippen molar-refractivity contribution >= 4 is 23.0 Å². The van der Waals surface area contributed by atoms with Gasteiger partial charge in [0.2, 0.25) is 0 Å². The highest BCUT2D eigenvalue weighted by Gasteiger charge is 2.34. The lowest BCUT2D eigenvalue weighted by molar-refractivity contribution is -0.384. The van der Waals surface area contributed by atoms with E-state index in [1.807, 2.05) is 6.07 Å². The highest BCUT2D eigenvalue weighted by molar-refractivity contribution is 6.14. The van der Waals surface area contributed by atoms with Gasteiger partial charge in [0.05, 0.1) is 29.0 Å². The molecule has 1 unspecified atom stereocenters. The number of nitro benzene ring substituents is 1. The molecular formula is C12H10N4O3. The van der Waals surface area contributed by atoms with Crippen molar-refractivity contribution in [2.45, 2.75) is 13.3 Å². The fourth-order valence-corrected chi connectivity index (χ4v) is 1.85. The zero-order valence-corrected chi connectivity index (χ0v) is 10.1. The Kier molecular flexibility index (Phi) is 3.25. The predicted octanol–water partition coefficient (Wildman–Crippen LogP) is 1.85. The van der Waals surface area contributed by atoms with Gasteiger partial charge in [-0.2, -0.15) is 15.4 Å². The summed E-state index contributed by atoms with van der Waals surface area (Å²) in [6.07, 6.45) is 0.0552. The third kappa shape index (κ3) is 2.28. The molecule has 0 saturated heterocycles. The quantitative estimate of drug-likeness (QED) is 0.610. The predicted molar refractivity (Wildman–Crippen MR) is 67.4 cm³/mol. The standard InChI is InChI=1S/C12H10N4O3/c1-8-11(5-6-13)12(17)15(14-8)9-3-2-4-10(7-9)16(18)19/h2-4,7,11H,5H2,1H3. The summed E-state index contributed by atoms with van der Waals surface area (Å²) >= 11 is 0. The van der Waals surface area contributed by atoms with Crippen LogP contribution in [0.5, 0.6) is 0 Å². The third-order valence-electron chi connectivity index (χ3n) is 2.85. The number of nitro groups is 1. The smallest absolute Gasteiger partial charge is 0.271 e. The molecule has 7 nitrogen and oxygen atoms in total. The van der Waals surface area contributed by atoms with Gasteiger partial charge >= 0.3 is 0 Å². The lowest BCUT2D eigenvalue weighted by Crippen LogP contribution is -2.26. The Morgan fingerprint density at radius 1 is 1.58 bits per heavy atom. The molecule has 1 aromatic carbocycles. The number of nitrogens with zero attached hydrogens (tertiary/aromatic N) is 4. The second-order valence-electron chi connectivity index (χ2n) is 4.08. The van der Waals surface area contributed by atoms with E-state index in [1.165, 1.54) is 18.2 Å². The van der Waals surface area contributed by atoms with Gasteiger partial charge in [-0.3, -0.25) is 14.9 Å². The maximum Gasteiger partial charge on any atom is 0.271 e. The Morgan fingerprint density at radius 3 is 2.95 bits per heavy atom. The summed E-state index contributed by atoms with van der Waals surface area (Å²) in [6, 6.07) is 7.61. The van der Waals surface area contributed by atoms with Crippen molar-refractivity contribution < 1.29 is 9.72 Å². The van der Waals surface area contributed by atoms with E-state index in [-0.39, 0.29) is 18.0 Å². The van der Waals surface area contributed by atoms with Gasteiger partial charge in [0.15, 0.2) is 0 Å². The maximum atomic E-state index is 12.1. The van der Waals surface area contributed by atoms with Gasteiger partial charge in [-0.15, -0.1) is 0 Å². The monoisotopic (exact) mass is 258 g/mol. The molecule has 1 aromatic rings. The molecule has 0 N–H and O–H groups in total. The number of amides is 1. The van der Waals surface area contributed by atoms with Crippen LogP contribution in [0.2, 0.25) is 0 Å². The maximum absolute atomic E-state index is 12.1.